The van der Waals surface area contributed by atoms with Crippen LogP contribution in [0.15, 0.2) is 35.4 Å². The molecule has 0 aromatic rings. The summed E-state index contributed by atoms with van der Waals surface area (Å²) in [6.07, 6.45) is 10.8. The van der Waals surface area contributed by atoms with Crippen LogP contribution < -0.4 is 5.32 Å². The number of nitrogens with one attached hydrogen (secondary N) is 1. The Balaban J connectivity index is 5.05. The smallest absolute Gasteiger partial charge is 0.244 e. The summed E-state index contributed by atoms with van der Waals surface area (Å²) in [4.78, 5) is 24.4. The molecule has 0 bridgehead atoms. The van der Waals surface area contributed by atoms with E-state index in [1.165, 1.54) is 6.08 Å². The second kappa shape index (κ2) is 13.3. The summed E-state index contributed by atoms with van der Waals surface area (Å²) in [6, 6.07) is -0.487. The van der Waals surface area contributed by atoms with Crippen LogP contribution in [0.1, 0.15) is 67.7 Å². The third-order valence-electron chi connectivity index (χ3n) is 5.44. The van der Waals surface area contributed by atoms with E-state index in [0.29, 0.717) is 0 Å². The number of Topliss-reactive ketones (excluding diaryl/α,β-unsaturated/α-hetero) is 1. The minimum atomic E-state index is -1.91. The maximum absolute atomic E-state index is 12.6. The molecule has 0 saturated heterocycles. The first kappa shape index (κ1) is 28.8. The molecule has 2 atom stereocenters. The maximum atomic E-state index is 12.6. The van der Waals surface area contributed by atoms with Crippen molar-refractivity contribution in [3.05, 3.63) is 35.4 Å². The van der Waals surface area contributed by atoms with Gasteiger partial charge in [-0.05, 0) is 56.8 Å². The van der Waals surface area contributed by atoms with E-state index in [1.807, 2.05) is 39.0 Å². The summed E-state index contributed by atoms with van der Waals surface area (Å²) in [5, 5.41) is 3.68. The third-order valence-corrected chi connectivity index (χ3v) is 10.1. The number of hydrogen-bond donors (Lipinski definition) is 1. The van der Waals surface area contributed by atoms with Crippen molar-refractivity contribution in [1.82, 2.24) is 5.32 Å². The predicted octanol–water partition coefficient (Wildman–Crippen LogP) is 6.53. The van der Waals surface area contributed by atoms with Crippen LogP contribution in [0.4, 0.5) is 0 Å². The molecule has 1 amide bonds. The van der Waals surface area contributed by atoms with Gasteiger partial charge in [-0.2, -0.15) is 0 Å². The van der Waals surface area contributed by atoms with E-state index in [-0.39, 0.29) is 35.2 Å². The number of amides is 1. The molecule has 0 saturated carbocycles. The molecule has 0 radical (unpaired) electrons. The van der Waals surface area contributed by atoms with Gasteiger partial charge >= 0.3 is 0 Å². The average molecular weight is 456 g/mol. The molecule has 0 aromatic heterocycles. The first-order valence-corrected chi connectivity index (χ1v) is 14.1. The molecule has 0 aliphatic heterocycles. The summed E-state index contributed by atoms with van der Waals surface area (Å²) in [6.45, 7) is 18.7. The first-order chi connectivity index (χ1) is 13.7. The van der Waals surface area contributed by atoms with Crippen molar-refractivity contribution >= 4 is 31.6 Å². The van der Waals surface area contributed by atoms with E-state index in [1.54, 1.807) is 13.0 Å². The molecule has 6 heteroatoms. The Morgan fingerprint density at radius 1 is 1.13 bits per heavy atom. The molecule has 4 nitrogen and oxygen atoms in total. The van der Waals surface area contributed by atoms with E-state index in [4.69, 9.17) is 16.0 Å². The second-order valence-electron chi connectivity index (χ2n) is 9.63. The fourth-order valence-corrected chi connectivity index (χ4v) is 4.09. The standard InChI is InChI=1S/C24H42ClNO3Si/c1-10-13-22(28)26-23(18(2)3)21(27)15-12-11-14-20(17-16-19(4)25)29-30(8,9)24(5,6)7/h10-13,16,18,20,23H,14-15,17H2,1-9H3,(H,26,28)/b12-11-,13-10-,19-16+/t20-,23+/m1/s1. The van der Waals surface area contributed by atoms with Crippen molar-refractivity contribution in [2.75, 3.05) is 0 Å². The van der Waals surface area contributed by atoms with Gasteiger partial charge in [0.15, 0.2) is 14.1 Å². The van der Waals surface area contributed by atoms with Gasteiger partial charge in [0, 0.05) is 11.5 Å². The summed E-state index contributed by atoms with van der Waals surface area (Å²) < 4.78 is 6.56. The molecule has 0 unspecified atom stereocenters. The molecular formula is C24H42ClNO3Si. The van der Waals surface area contributed by atoms with Crippen molar-refractivity contribution in [2.24, 2.45) is 5.92 Å². The van der Waals surface area contributed by atoms with Crippen molar-refractivity contribution in [3.8, 4) is 0 Å². The lowest BCUT2D eigenvalue weighted by atomic mass is 9.97. The van der Waals surface area contributed by atoms with E-state index in [9.17, 15) is 9.59 Å². The highest BCUT2D eigenvalue weighted by molar-refractivity contribution is 6.74. The molecule has 0 aliphatic rings. The Kier molecular flexibility index (Phi) is 12.8. The molecule has 1 N–H and O–H groups in total. The van der Waals surface area contributed by atoms with Gasteiger partial charge in [0.2, 0.25) is 5.91 Å². The minimum Gasteiger partial charge on any atom is -0.413 e. The molecular weight excluding hydrogens is 414 g/mol. The van der Waals surface area contributed by atoms with Crippen LogP contribution >= 0.6 is 11.6 Å². The fourth-order valence-electron chi connectivity index (χ4n) is 2.63. The summed E-state index contributed by atoms with van der Waals surface area (Å²) in [7, 11) is -1.91. The molecule has 0 heterocycles. The highest BCUT2D eigenvalue weighted by Crippen LogP contribution is 2.38. The zero-order valence-electron chi connectivity index (χ0n) is 20.3. The number of rotatable bonds is 12. The number of allylic oxidation sites excluding steroid dienone is 3. The van der Waals surface area contributed by atoms with E-state index >= 15 is 0 Å². The van der Waals surface area contributed by atoms with Crippen LogP contribution in [0.25, 0.3) is 0 Å². The lowest BCUT2D eigenvalue weighted by Crippen LogP contribution is -2.44. The van der Waals surface area contributed by atoms with Crippen molar-refractivity contribution < 1.29 is 14.0 Å². The number of ketones is 1. The Morgan fingerprint density at radius 3 is 2.20 bits per heavy atom. The number of hydrogen-bond acceptors (Lipinski definition) is 3. The Labute approximate surface area is 190 Å². The van der Waals surface area contributed by atoms with Crippen LogP contribution in [-0.2, 0) is 14.0 Å². The van der Waals surface area contributed by atoms with E-state index in [2.05, 4.69) is 39.2 Å². The van der Waals surface area contributed by atoms with Crippen LogP contribution in [0.3, 0.4) is 0 Å². The number of carbonyl (C=O) groups excluding carboxylic acids is 2. The van der Waals surface area contributed by atoms with Crippen LogP contribution in [-0.4, -0.2) is 32.2 Å². The van der Waals surface area contributed by atoms with Gasteiger partial charge in [-0.15, -0.1) is 0 Å². The zero-order valence-corrected chi connectivity index (χ0v) is 22.1. The third kappa shape index (κ3) is 11.3. The summed E-state index contributed by atoms with van der Waals surface area (Å²) >= 11 is 6.03. The first-order valence-electron chi connectivity index (χ1n) is 10.8. The van der Waals surface area contributed by atoms with Crippen molar-refractivity contribution in [1.29, 1.82) is 0 Å². The molecule has 0 spiro atoms. The minimum absolute atomic E-state index is 0.0115. The molecule has 172 valence electrons. The van der Waals surface area contributed by atoms with Gasteiger partial charge in [-0.1, -0.05) is 70.5 Å². The number of carbonyl (C=O) groups is 2. The van der Waals surface area contributed by atoms with Gasteiger partial charge in [0.25, 0.3) is 0 Å². The molecule has 0 fully saturated rings. The van der Waals surface area contributed by atoms with Gasteiger partial charge in [0.1, 0.15) is 0 Å². The van der Waals surface area contributed by atoms with Crippen LogP contribution in [0.2, 0.25) is 18.1 Å². The SMILES string of the molecule is C/C=C\C(=O)N[C@H](C(=O)C/C=C\C[C@H](C/C=C(\C)Cl)O[Si](C)(C)C(C)(C)C)C(C)C. The zero-order chi connectivity index (χ0) is 23.5. The summed E-state index contributed by atoms with van der Waals surface area (Å²) in [5.74, 6) is -0.191. The van der Waals surface area contributed by atoms with E-state index < -0.39 is 14.4 Å². The second-order valence-corrected chi connectivity index (χ2v) is 15.0. The molecule has 30 heavy (non-hydrogen) atoms. The predicted molar refractivity (Wildman–Crippen MR) is 131 cm³/mol. The lowest BCUT2D eigenvalue weighted by Gasteiger charge is -2.39. The Bertz CT molecular complexity index is 641. The van der Waals surface area contributed by atoms with Gasteiger partial charge < -0.3 is 9.74 Å². The highest BCUT2D eigenvalue weighted by atomic mass is 35.5. The van der Waals surface area contributed by atoms with Gasteiger partial charge in [-0.25, -0.2) is 0 Å². The largest absolute Gasteiger partial charge is 0.413 e. The highest BCUT2D eigenvalue weighted by Gasteiger charge is 2.38. The average Bonchev–Trinajstić information content (AvgIpc) is 2.59. The van der Waals surface area contributed by atoms with Crippen LogP contribution in [0, 0.1) is 5.92 Å². The Morgan fingerprint density at radius 2 is 1.73 bits per heavy atom. The lowest BCUT2D eigenvalue weighted by molar-refractivity contribution is -0.126. The van der Waals surface area contributed by atoms with Gasteiger partial charge in [0.05, 0.1) is 12.1 Å². The molecule has 0 aromatic carbocycles. The molecule has 0 rings (SSSR count). The van der Waals surface area contributed by atoms with E-state index in [0.717, 1.165) is 17.9 Å². The molecule has 0 aliphatic carbocycles. The quantitative estimate of drug-likeness (QED) is 0.206. The normalized spacial score (nSPS) is 15.8. The monoisotopic (exact) mass is 455 g/mol. The van der Waals surface area contributed by atoms with Gasteiger partial charge in [-0.3, -0.25) is 9.59 Å². The fraction of sp³-hybridized carbons (Fsp3) is 0.667. The number of halogens is 1. The Hall–Kier alpha value is -1.17. The van der Waals surface area contributed by atoms with Crippen molar-refractivity contribution in [2.45, 2.75) is 98.0 Å². The summed E-state index contributed by atoms with van der Waals surface area (Å²) in [5.41, 5.74) is 0. The van der Waals surface area contributed by atoms with Crippen molar-refractivity contribution in [3.63, 3.8) is 0 Å². The topological polar surface area (TPSA) is 55.4 Å². The van der Waals surface area contributed by atoms with Crippen LogP contribution in [0.5, 0.6) is 0 Å². The maximum Gasteiger partial charge on any atom is 0.244 e.